The van der Waals surface area contributed by atoms with Crippen LogP contribution >= 0.6 is 15.9 Å². The average molecular weight is 326 g/mol. The molecule has 2 atom stereocenters. The highest BCUT2D eigenvalue weighted by atomic mass is 79.9. The number of methoxy groups -OCH3 is 1. The second-order valence-electron chi connectivity index (χ2n) is 4.94. The molecular weight excluding hydrogens is 306 g/mol. The molecule has 0 fully saturated rings. The molecule has 0 radical (unpaired) electrons. The Kier molecular flexibility index (Phi) is 5.40. The van der Waals surface area contributed by atoms with Gasteiger partial charge in [0.05, 0.1) is 7.11 Å². The SMILES string of the molecule is COC(=O)C(Br)CNCC1CCCc2ccccc21. The van der Waals surface area contributed by atoms with Crippen molar-refractivity contribution < 1.29 is 9.53 Å². The predicted octanol–water partition coefficient (Wildman–Crippen LogP) is 2.63. The summed E-state index contributed by atoms with van der Waals surface area (Å²) in [5, 5.41) is 3.36. The number of ether oxygens (including phenoxy) is 1. The number of hydrogen-bond donors (Lipinski definition) is 1. The summed E-state index contributed by atoms with van der Waals surface area (Å²) in [4.78, 5) is 11.0. The molecule has 0 heterocycles. The Morgan fingerprint density at radius 3 is 3.11 bits per heavy atom. The largest absolute Gasteiger partial charge is 0.468 e. The van der Waals surface area contributed by atoms with Gasteiger partial charge in [-0.15, -0.1) is 0 Å². The van der Waals surface area contributed by atoms with Crippen molar-refractivity contribution in [1.82, 2.24) is 5.32 Å². The van der Waals surface area contributed by atoms with Crippen molar-refractivity contribution >= 4 is 21.9 Å². The van der Waals surface area contributed by atoms with E-state index in [1.54, 1.807) is 0 Å². The van der Waals surface area contributed by atoms with Crippen molar-refractivity contribution in [3.8, 4) is 0 Å². The van der Waals surface area contributed by atoms with Crippen LogP contribution in [0.5, 0.6) is 0 Å². The van der Waals surface area contributed by atoms with Gasteiger partial charge in [-0.2, -0.15) is 0 Å². The Morgan fingerprint density at radius 1 is 1.53 bits per heavy atom. The lowest BCUT2D eigenvalue weighted by molar-refractivity contribution is -0.139. The Labute approximate surface area is 122 Å². The number of carbonyl (C=O) groups excluding carboxylic acids is 1. The normalized spacial score (nSPS) is 19.6. The molecule has 19 heavy (non-hydrogen) atoms. The number of fused-ring (bicyclic) bond motifs is 1. The highest BCUT2D eigenvalue weighted by Crippen LogP contribution is 2.30. The van der Waals surface area contributed by atoms with Gasteiger partial charge in [0.1, 0.15) is 4.83 Å². The topological polar surface area (TPSA) is 38.3 Å². The third kappa shape index (κ3) is 3.80. The molecule has 0 aliphatic heterocycles. The fourth-order valence-corrected chi connectivity index (χ4v) is 3.08. The second-order valence-corrected chi connectivity index (χ2v) is 6.04. The van der Waals surface area contributed by atoms with Crippen molar-refractivity contribution in [3.05, 3.63) is 35.4 Å². The van der Waals surface area contributed by atoms with Gasteiger partial charge in [-0.3, -0.25) is 4.79 Å². The minimum absolute atomic E-state index is 0.225. The van der Waals surface area contributed by atoms with Gasteiger partial charge in [0, 0.05) is 13.1 Å². The first kappa shape index (κ1) is 14.5. The van der Waals surface area contributed by atoms with Gasteiger partial charge in [0.25, 0.3) is 0 Å². The van der Waals surface area contributed by atoms with Crippen molar-refractivity contribution in [1.29, 1.82) is 0 Å². The predicted molar refractivity (Wildman–Crippen MR) is 79.7 cm³/mol. The number of aryl methyl sites for hydroxylation is 1. The maximum Gasteiger partial charge on any atom is 0.320 e. The number of halogens is 1. The molecule has 2 rings (SSSR count). The first-order valence-electron chi connectivity index (χ1n) is 6.72. The van der Waals surface area contributed by atoms with Gasteiger partial charge in [-0.1, -0.05) is 40.2 Å². The number of carbonyl (C=O) groups is 1. The maximum absolute atomic E-state index is 11.3. The number of hydrogen-bond acceptors (Lipinski definition) is 3. The smallest absolute Gasteiger partial charge is 0.320 e. The quantitative estimate of drug-likeness (QED) is 0.668. The molecule has 4 heteroatoms. The summed E-state index contributed by atoms with van der Waals surface area (Å²) in [6.45, 7) is 1.52. The summed E-state index contributed by atoms with van der Waals surface area (Å²) < 4.78 is 4.68. The summed E-state index contributed by atoms with van der Waals surface area (Å²) in [7, 11) is 1.41. The van der Waals surface area contributed by atoms with E-state index < -0.39 is 0 Å². The molecule has 0 bridgehead atoms. The standard InChI is InChI=1S/C15H20BrNO2/c1-19-15(18)14(16)10-17-9-12-7-4-6-11-5-2-3-8-13(11)12/h2-3,5,8,12,14,17H,4,6-7,9-10H2,1H3. The minimum Gasteiger partial charge on any atom is -0.468 e. The summed E-state index contributed by atoms with van der Waals surface area (Å²) in [5.74, 6) is 0.332. The first-order chi connectivity index (χ1) is 9.22. The van der Waals surface area contributed by atoms with Crippen molar-refractivity contribution in [3.63, 3.8) is 0 Å². The number of alkyl halides is 1. The molecule has 1 aliphatic carbocycles. The Morgan fingerprint density at radius 2 is 2.32 bits per heavy atom. The zero-order chi connectivity index (χ0) is 13.7. The molecule has 2 unspecified atom stereocenters. The number of nitrogens with one attached hydrogen (secondary N) is 1. The van der Waals surface area contributed by atoms with Crippen molar-refractivity contribution in [2.45, 2.75) is 30.0 Å². The molecule has 0 saturated heterocycles. The number of esters is 1. The molecule has 104 valence electrons. The van der Waals surface area contributed by atoms with Crippen LogP contribution in [0.25, 0.3) is 0 Å². The van der Waals surface area contributed by atoms with Gasteiger partial charge in [-0.05, 0) is 36.3 Å². The zero-order valence-corrected chi connectivity index (χ0v) is 12.8. The lowest BCUT2D eigenvalue weighted by Crippen LogP contribution is -2.33. The van der Waals surface area contributed by atoms with Crippen LogP contribution in [0.3, 0.4) is 0 Å². The molecule has 0 saturated carbocycles. The monoisotopic (exact) mass is 325 g/mol. The molecule has 1 aromatic rings. The van der Waals surface area contributed by atoms with Crippen LogP contribution in [-0.2, 0) is 16.0 Å². The fourth-order valence-electron chi connectivity index (χ4n) is 2.66. The zero-order valence-electron chi connectivity index (χ0n) is 11.2. The van der Waals surface area contributed by atoms with E-state index in [-0.39, 0.29) is 10.8 Å². The minimum atomic E-state index is -0.267. The molecule has 1 aliphatic rings. The molecule has 1 N–H and O–H groups in total. The molecular formula is C15H20BrNO2. The third-order valence-electron chi connectivity index (χ3n) is 3.66. The summed E-state index contributed by atoms with van der Waals surface area (Å²) in [5.41, 5.74) is 2.94. The van der Waals surface area contributed by atoms with Gasteiger partial charge in [0.2, 0.25) is 0 Å². The summed E-state index contributed by atoms with van der Waals surface area (Å²) >= 11 is 3.32. The maximum atomic E-state index is 11.3. The van der Waals surface area contributed by atoms with E-state index in [4.69, 9.17) is 0 Å². The van der Waals surface area contributed by atoms with Crippen molar-refractivity contribution in [2.24, 2.45) is 0 Å². The first-order valence-corrected chi connectivity index (χ1v) is 7.64. The van der Waals surface area contributed by atoms with Crippen LogP contribution in [-0.4, -0.2) is 31.0 Å². The molecule has 0 spiro atoms. The average Bonchev–Trinajstić information content (AvgIpc) is 2.46. The van der Waals surface area contributed by atoms with E-state index in [0.29, 0.717) is 12.5 Å². The Hall–Kier alpha value is -0.870. The molecule has 3 nitrogen and oxygen atoms in total. The van der Waals surface area contributed by atoms with E-state index in [1.165, 1.54) is 37.5 Å². The highest BCUT2D eigenvalue weighted by molar-refractivity contribution is 9.10. The van der Waals surface area contributed by atoms with Crippen LogP contribution < -0.4 is 5.32 Å². The van der Waals surface area contributed by atoms with Crippen LogP contribution in [0.4, 0.5) is 0 Å². The highest BCUT2D eigenvalue weighted by Gasteiger charge is 2.20. The van der Waals surface area contributed by atoms with Crippen molar-refractivity contribution in [2.75, 3.05) is 20.2 Å². The summed E-state index contributed by atoms with van der Waals surface area (Å²) in [6.07, 6.45) is 3.66. The van der Waals surface area contributed by atoms with E-state index in [2.05, 4.69) is 50.2 Å². The molecule has 0 aromatic heterocycles. The lowest BCUT2D eigenvalue weighted by atomic mass is 9.83. The van der Waals surface area contributed by atoms with Crippen LogP contribution in [0.15, 0.2) is 24.3 Å². The molecule has 0 amide bonds. The van der Waals surface area contributed by atoms with E-state index >= 15 is 0 Å². The Balaban J connectivity index is 1.86. The third-order valence-corrected chi connectivity index (χ3v) is 4.36. The van der Waals surface area contributed by atoms with E-state index in [0.717, 1.165) is 6.54 Å². The Bertz CT molecular complexity index is 436. The van der Waals surface area contributed by atoms with Crippen LogP contribution in [0.2, 0.25) is 0 Å². The fraction of sp³-hybridized carbons (Fsp3) is 0.533. The van der Waals surface area contributed by atoms with Gasteiger partial charge in [-0.25, -0.2) is 0 Å². The second kappa shape index (κ2) is 7.06. The van der Waals surface area contributed by atoms with Gasteiger partial charge >= 0.3 is 5.97 Å². The van der Waals surface area contributed by atoms with Gasteiger partial charge in [0.15, 0.2) is 0 Å². The van der Waals surface area contributed by atoms with Crippen LogP contribution in [0.1, 0.15) is 29.9 Å². The van der Waals surface area contributed by atoms with Crippen LogP contribution in [0, 0.1) is 0 Å². The molecule has 1 aromatic carbocycles. The van der Waals surface area contributed by atoms with Gasteiger partial charge < -0.3 is 10.1 Å². The van der Waals surface area contributed by atoms with E-state index in [1.807, 2.05) is 0 Å². The summed E-state index contributed by atoms with van der Waals surface area (Å²) in [6, 6.07) is 8.68. The lowest BCUT2D eigenvalue weighted by Gasteiger charge is -2.26. The van der Waals surface area contributed by atoms with E-state index in [9.17, 15) is 4.79 Å². The number of benzene rings is 1. The number of rotatable bonds is 5.